The lowest BCUT2D eigenvalue weighted by atomic mass is 10.2. The average molecular weight is 322 g/mol. The molecule has 2 aromatic rings. The number of phenolic OH excluding ortho intramolecular Hbond substituents is 1. The molecule has 0 atom stereocenters. The number of phenols is 1. The van der Waals surface area contributed by atoms with Gasteiger partial charge in [0.2, 0.25) is 0 Å². The summed E-state index contributed by atoms with van der Waals surface area (Å²) in [6.07, 6.45) is 0. The fourth-order valence-electron chi connectivity index (χ4n) is 1.84. The number of thiocarbonyl (C=S) groups is 1. The van der Waals surface area contributed by atoms with Gasteiger partial charge in [-0.05, 0) is 30.3 Å². The maximum absolute atomic E-state index is 12.7. The number of anilines is 1. The molecular formula is C14H14N2O3S2. The molecule has 0 aliphatic rings. The first-order chi connectivity index (χ1) is 9.84. The molecule has 0 radical (unpaired) electrons. The van der Waals surface area contributed by atoms with Gasteiger partial charge in [0.1, 0.15) is 10.7 Å². The van der Waals surface area contributed by atoms with Crippen molar-refractivity contribution in [3.63, 3.8) is 0 Å². The highest BCUT2D eigenvalue weighted by atomic mass is 32.2. The van der Waals surface area contributed by atoms with Gasteiger partial charge in [0, 0.05) is 12.6 Å². The number of benzene rings is 2. The third-order valence-electron chi connectivity index (χ3n) is 3.00. The predicted molar refractivity (Wildman–Crippen MR) is 86.0 cm³/mol. The second-order valence-electron chi connectivity index (χ2n) is 4.35. The molecule has 0 amide bonds. The van der Waals surface area contributed by atoms with Crippen LogP contribution in [0.25, 0.3) is 0 Å². The van der Waals surface area contributed by atoms with Crippen molar-refractivity contribution in [3.8, 4) is 5.75 Å². The molecule has 110 valence electrons. The van der Waals surface area contributed by atoms with E-state index in [1.165, 1.54) is 37.4 Å². The molecule has 0 saturated carbocycles. The minimum Gasteiger partial charge on any atom is -0.508 e. The standard InChI is InChI=1S/C14H14N2O3S2/c1-16(10-6-8-11(17)9-7-10)21(18,19)13-5-3-2-4-12(13)14(15)20/h2-9,17H,1H3,(H2,15,20). The van der Waals surface area contributed by atoms with Crippen molar-refractivity contribution >= 4 is 32.9 Å². The van der Waals surface area contributed by atoms with Crippen molar-refractivity contribution < 1.29 is 13.5 Å². The number of sulfonamides is 1. The van der Waals surface area contributed by atoms with E-state index in [0.717, 1.165) is 4.31 Å². The molecule has 0 aliphatic heterocycles. The predicted octanol–water partition coefficient (Wildman–Crippen LogP) is 1.85. The Morgan fingerprint density at radius 1 is 1.14 bits per heavy atom. The van der Waals surface area contributed by atoms with Crippen LogP contribution in [0.1, 0.15) is 5.56 Å². The van der Waals surface area contributed by atoms with Gasteiger partial charge in [0.15, 0.2) is 0 Å². The molecule has 0 aromatic heterocycles. The molecule has 3 N–H and O–H groups in total. The number of hydrogen-bond donors (Lipinski definition) is 2. The van der Waals surface area contributed by atoms with Gasteiger partial charge in [-0.3, -0.25) is 4.31 Å². The highest BCUT2D eigenvalue weighted by molar-refractivity contribution is 7.93. The van der Waals surface area contributed by atoms with Gasteiger partial charge < -0.3 is 10.8 Å². The zero-order valence-electron chi connectivity index (χ0n) is 11.2. The van der Waals surface area contributed by atoms with Crippen molar-refractivity contribution in [1.29, 1.82) is 0 Å². The van der Waals surface area contributed by atoms with Crippen molar-refractivity contribution in [2.45, 2.75) is 4.90 Å². The molecule has 0 saturated heterocycles. The van der Waals surface area contributed by atoms with Gasteiger partial charge in [-0.25, -0.2) is 8.42 Å². The third kappa shape index (κ3) is 2.98. The van der Waals surface area contributed by atoms with Crippen LogP contribution in [0.3, 0.4) is 0 Å². The zero-order valence-corrected chi connectivity index (χ0v) is 12.9. The SMILES string of the molecule is CN(c1ccc(O)cc1)S(=O)(=O)c1ccccc1C(N)=S. The van der Waals surface area contributed by atoms with E-state index in [-0.39, 0.29) is 15.6 Å². The van der Waals surface area contributed by atoms with E-state index in [2.05, 4.69) is 0 Å². The number of rotatable bonds is 4. The molecule has 0 heterocycles. The Balaban J connectivity index is 2.52. The molecule has 2 aromatic carbocycles. The molecule has 0 aliphatic carbocycles. The normalized spacial score (nSPS) is 11.1. The maximum Gasteiger partial charge on any atom is 0.264 e. The fraction of sp³-hybridized carbons (Fsp3) is 0.0714. The van der Waals surface area contributed by atoms with Crippen LogP contribution < -0.4 is 10.0 Å². The third-order valence-corrected chi connectivity index (χ3v) is 5.07. The Bertz CT molecular complexity index is 771. The monoisotopic (exact) mass is 322 g/mol. The Labute approximate surface area is 128 Å². The molecule has 0 fully saturated rings. The number of nitrogens with two attached hydrogens (primary N) is 1. The van der Waals surface area contributed by atoms with Crippen LogP contribution in [-0.4, -0.2) is 25.6 Å². The summed E-state index contributed by atoms with van der Waals surface area (Å²) in [5, 5.41) is 9.27. The average Bonchev–Trinajstić information content (AvgIpc) is 2.47. The second kappa shape index (κ2) is 5.71. The van der Waals surface area contributed by atoms with Crippen molar-refractivity contribution in [3.05, 3.63) is 54.1 Å². The van der Waals surface area contributed by atoms with Gasteiger partial charge in [-0.2, -0.15) is 0 Å². The quantitative estimate of drug-likeness (QED) is 0.839. The van der Waals surface area contributed by atoms with E-state index >= 15 is 0 Å². The summed E-state index contributed by atoms with van der Waals surface area (Å²) in [5.41, 5.74) is 6.31. The molecule has 7 heteroatoms. The van der Waals surface area contributed by atoms with Crippen LogP contribution in [0.4, 0.5) is 5.69 Å². The minimum absolute atomic E-state index is 0.0216. The largest absolute Gasteiger partial charge is 0.508 e. The molecule has 0 unspecified atom stereocenters. The van der Waals surface area contributed by atoms with Crippen molar-refractivity contribution in [1.82, 2.24) is 0 Å². The van der Waals surface area contributed by atoms with Crippen LogP contribution in [0.5, 0.6) is 5.75 Å². The first-order valence-electron chi connectivity index (χ1n) is 6.01. The van der Waals surface area contributed by atoms with E-state index in [1.54, 1.807) is 18.2 Å². The first-order valence-corrected chi connectivity index (χ1v) is 7.85. The van der Waals surface area contributed by atoms with E-state index < -0.39 is 10.0 Å². The number of aromatic hydroxyl groups is 1. The van der Waals surface area contributed by atoms with Crippen molar-refractivity contribution in [2.75, 3.05) is 11.4 Å². The summed E-state index contributed by atoms with van der Waals surface area (Å²) in [6, 6.07) is 12.2. The lowest BCUT2D eigenvalue weighted by molar-refractivity contribution is 0.475. The smallest absolute Gasteiger partial charge is 0.264 e. The summed E-state index contributed by atoms with van der Waals surface area (Å²) >= 11 is 4.90. The van der Waals surface area contributed by atoms with E-state index in [9.17, 15) is 13.5 Å². The summed E-state index contributed by atoms with van der Waals surface area (Å²) in [6.45, 7) is 0. The Morgan fingerprint density at radius 3 is 2.29 bits per heavy atom. The summed E-state index contributed by atoms with van der Waals surface area (Å²) in [7, 11) is -2.37. The van der Waals surface area contributed by atoms with Crippen LogP contribution in [0.2, 0.25) is 0 Å². The second-order valence-corrected chi connectivity index (χ2v) is 6.73. The van der Waals surface area contributed by atoms with E-state index in [1.807, 2.05) is 0 Å². The number of nitrogens with zero attached hydrogens (tertiary/aromatic N) is 1. The highest BCUT2D eigenvalue weighted by Gasteiger charge is 2.24. The molecule has 21 heavy (non-hydrogen) atoms. The summed E-state index contributed by atoms with van der Waals surface area (Å²) < 4.78 is 26.5. The highest BCUT2D eigenvalue weighted by Crippen LogP contribution is 2.25. The van der Waals surface area contributed by atoms with Gasteiger partial charge in [0.05, 0.1) is 10.6 Å². The van der Waals surface area contributed by atoms with E-state index in [4.69, 9.17) is 18.0 Å². The topological polar surface area (TPSA) is 83.6 Å². The van der Waals surface area contributed by atoms with Crippen LogP contribution in [0, 0.1) is 0 Å². The molecule has 0 spiro atoms. The fourth-order valence-corrected chi connectivity index (χ4v) is 3.49. The van der Waals surface area contributed by atoms with Crippen LogP contribution in [0.15, 0.2) is 53.4 Å². The maximum atomic E-state index is 12.7. The van der Waals surface area contributed by atoms with Crippen molar-refractivity contribution in [2.24, 2.45) is 5.73 Å². The summed E-state index contributed by atoms with van der Waals surface area (Å²) in [4.78, 5) is 0.0707. The molecular weight excluding hydrogens is 308 g/mol. The van der Waals surface area contributed by atoms with Gasteiger partial charge in [-0.15, -0.1) is 0 Å². The zero-order chi connectivity index (χ0) is 15.6. The van der Waals surface area contributed by atoms with Crippen LogP contribution >= 0.6 is 12.2 Å². The van der Waals surface area contributed by atoms with Gasteiger partial charge in [-0.1, -0.05) is 30.4 Å². The minimum atomic E-state index is -3.80. The first kappa shape index (κ1) is 15.3. The number of hydrogen-bond acceptors (Lipinski definition) is 4. The Kier molecular flexibility index (Phi) is 4.15. The van der Waals surface area contributed by atoms with Gasteiger partial charge >= 0.3 is 0 Å². The summed E-state index contributed by atoms with van der Waals surface area (Å²) in [5.74, 6) is 0.0630. The lowest BCUT2D eigenvalue weighted by Crippen LogP contribution is -2.28. The van der Waals surface area contributed by atoms with Crippen LogP contribution in [-0.2, 0) is 10.0 Å². The Hall–Kier alpha value is -2.12. The van der Waals surface area contributed by atoms with Gasteiger partial charge in [0.25, 0.3) is 10.0 Å². The lowest BCUT2D eigenvalue weighted by Gasteiger charge is -2.21. The molecule has 5 nitrogen and oxygen atoms in total. The molecule has 2 rings (SSSR count). The van der Waals surface area contributed by atoms with E-state index in [0.29, 0.717) is 11.3 Å². The molecule has 0 bridgehead atoms. The Morgan fingerprint density at radius 2 is 1.71 bits per heavy atom.